The van der Waals surface area contributed by atoms with Gasteiger partial charge in [0.15, 0.2) is 0 Å². The molecule has 3 heterocycles. The van der Waals surface area contributed by atoms with E-state index in [-0.39, 0.29) is 0 Å². The maximum absolute atomic E-state index is 11.0. The number of aliphatic hydroxyl groups excluding tert-OH is 7. The third-order valence-corrected chi connectivity index (χ3v) is 7.95. The molecule has 2 saturated heterocycles. The summed E-state index contributed by atoms with van der Waals surface area (Å²) < 4.78 is 12.4. The van der Waals surface area contributed by atoms with Crippen LogP contribution in [0.1, 0.15) is 6.04 Å². The van der Waals surface area contributed by atoms with E-state index in [1.165, 1.54) is 16.4 Å². The second kappa shape index (κ2) is 11.2. The van der Waals surface area contributed by atoms with Crippen LogP contribution in [0.2, 0.25) is 0 Å². The molecule has 0 spiro atoms. The van der Waals surface area contributed by atoms with Gasteiger partial charge in [-0.3, -0.25) is 0 Å². The van der Waals surface area contributed by atoms with Gasteiger partial charge < -0.3 is 45.2 Å². The van der Waals surface area contributed by atoms with Crippen LogP contribution < -0.4 is 0 Å². The molecular weight excluding hydrogens is 490 g/mol. The van der Waals surface area contributed by atoms with Crippen LogP contribution in [-0.2, 0) is 9.47 Å². The van der Waals surface area contributed by atoms with Crippen molar-refractivity contribution in [3.05, 3.63) is 36.5 Å². The quantitative estimate of drug-likeness (QED) is 0.212. The maximum atomic E-state index is 11.0. The number of rotatable bonds is 7. The van der Waals surface area contributed by atoms with Crippen LogP contribution in [0.5, 0.6) is 0 Å². The molecule has 1 aromatic carbocycles. The third kappa shape index (κ3) is 5.27. The van der Waals surface area contributed by atoms with E-state index in [0.717, 1.165) is 16.7 Å². The van der Waals surface area contributed by atoms with Gasteiger partial charge in [-0.1, -0.05) is 46.9 Å². The highest BCUT2D eigenvalue weighted by atomic mass is 32.2. The first kappa shape index (κ1) is 25.8. The van der Waals surface area contributed by atoms with Crippen molar-refractivity contribution in [3.63, 3.8) is 0 Å². The summed E-state index contributed by atoms with van der Waals surface area (Å²) in [5.41, 5.74) is -2.30. The molecule has 2 aliphatic heterocycles. The molecule has 7 N–H and O–H groups in total. The molecule has 0 radical (unpaired) electrons. The van der Waals surface area contributed by atoms with Gasteiger partial charge >= 0.3 is 0 Å². The molecular formula is C20H27N3O9S2. The number of benzene rings is 1. The fourth-order valence-electron chi connectivity index (χ4n) is 3.87. The van der Waals surface area contributed by atoms with Crippen molar-refractivity contribution in [1.82, 2.24) is 15.0 Å². The molecule has 2 aromatic rings. The Morgan fingerprint density at radius 2 is 1.41 bits per heavy atom. The largest absolute Gasteiger partial charge is 0.394 e. The summed E-state index contributed by atoms with van der Waals surface area (Å²) in [5, 5.41) is 79.9. The minimum Gasteiger partial charge on any atom is -0.394 e. The van der Waals surface area contributed by atoms with Crippen LogP contribution in [0.25, 0.3) is 0 Å². The Hall–Kier alpha value is -1.30. The normalized spacial score (nSPS) is 38.7. The van der Waals surface area contributed by atoms with E-state index in [2.05, 4.69) is 10.3 Å². The van der Waals surface area contributed by atoms with Crippen molar-refractivity contribution in [2.75, 3.05) is 13.2 Å². The monoisotopic (exact) mass is 517 g/mol. The Labute approximate surface area is 203 Å². The van der Waals surface area contributed by atoms with Crippen molar-refractivity contribution in [2.24, 2.45) is 0 Å². The number of hydrogen-bond donors (Lipinski definition) is 7. The van der Waals surface area contributed by atoms with Crippen molar-refractivity contribution < 1.29 is 45.2 Å². The van der Waals surface area contributed by atoms with Crippen LogP contribution in [-0.4, -0.2) is 118 Å². The fourth-order valence-corrected chi connectivity index (χ4v) is 5.96. The van der Waals surface area contributed by atoms with E-state index in [0.29, 0.717) is 5.03 Å². The topological polar surface area (TPSA) is 191 Å². The van der Waals surface area contributed by atoms with Crippen LogP contribution in [0.15, 0.2) is 46.5 Å². The number of aliphatic hydroxyl groups is 7. The van der Waals surface area contributed by atoms with Gasteiger partial charge in [0.25, 0.3) is 0 Å². The SMILES string of the molecule is OC[C@H]1O[C@@H](S[C@@H]2O[C@H](CO)[C@@H](O)[C@H](O)[C@H]2O)[C@H](O)[C@@H](n2cc(Sc3ccccc3)nn2)[C@H]1O. The van der Waals surface area contributed by atoms with Gasteiger partial charge in [0.2, 0.25) is 0 Å². The molecule has 4 rings (SSSR count). The zero-order valence-corrected chi connectivity index (χ0v) is 19.4. The molecule has 2 fully saturated rings. The Kier molecular flexibility index (Phi) is 8.48. The van der Waals surface area contributed by atoms with E-state index in [4.69, 9.17) is 9.47 Å². The lowest BCUT2D eigenvalue weighted by Crippen LogP contribution is -2.59. The molecule has 0 unspecified atom stereocenters. The van der Waals surface area contributed by atoms with Gasteiger partial charge in [0, 0.05) is 4.90 Å². The lowest BCUT2D eigenvalue weighted by molar-refractivity contribution is -0.208. The van der Waals surface area contributed by atoms with E-state index in [1.807, 2.05) is 30.3 Å². The Bertz CT molecular complexity index is 924. The van der Waals surface area contributed by atoms with Gasteiger partial charge in [-0.25, -0.2) is 4.68 Å². The Morgan fingerprint density at radius 3 is 2.06 bits per heavy atom. The maximum Gasteiger partial charge on any atom is 0.143 e. The highest BCUT2D eigenvalue weighted by Crippen LogP contribution is 2.40. The average molecular weight is 518 g/mol. The highest BCUT2D eigenvalue weighted by Gasteiger charge is 2.50. The Balaban J connectivity index is 1.52. The van der Waals surface area contributed by atoms with E-state index in [1.54, 1.807) is 6.20 Å². The van der Waals surface area contributed by atoms with E-state index in [9.17, 15) is 35.7 Å². The van der Waals surface area contributed by atoms with Gasteiger partial charge in [0.1, 0.15) is 64.7 Å². The van der Waals surface area contributed by atoms with Crippen molar-refractivity contribution in [3.8, 4) is 0 Å². The van der Waals surface area contributed by atoms with Crippen molar-refractivity contribution in [1.29, 1.82) is 0 Å². The smallest absolute Gasteiger partial charge is 0.143 e. The van der Waals surface area contributed by atoms with Crippen LogP contribution in [0, 0.1) is 0 Å². The second-order valence-corrected chi connectivity index (χ2v) is 10.3. The van der Waals surface area contributed by atoms with Crippen LogP contribution in [0.3, 0.4) is 0 Å². The molecule has 0 aliphatic carbocycles. The molecule has 0 bridgehead atoms. The zero-order valence-electron chi connectivity index (χ0n) is 17.8. The summed E-state index contributed by atoms with van der Waals surface area (Å²) in [7, 11) is 0. The second-order valence-electron chi connectivity index (χ2n) is 7.98. The first-order valence-electron chi connectivity index (χ1n) is 10.6. The standard InChI is InChI=1S/C20H27N3O9S2/c24-7-10-14(26)13(23-6-12(21-22-23)33-9-4-2-1-3-5-9)16(28)19(31-10)34-20-18(30)17(29)15(27)11(8-25)32-20/h1-6,10-11,13-20,24-30H,7-8H2/t10-,11-,13+,14+,15-,16-,17+,18-,19+,20+/m1/s1. The predicted octanol–water partition coefficient (Wildman–Crippen LogP) is -2.06. The van der Waals surface area contributed by atoms with Gasteiger partial charge in [-0.15, -0.1) is 5.10 Å². The molecule has 34 heavy (non-hydrogen) atoms. The van der Waals surface area contributed by atoms with E-state index < -0.39 is 72.9 Å². The lowest BCUT2D eigenvalue weighted by Gasteiger charge is -2.45. The molecule has 188 valence electrons. The summed E-state index contributed by atoms with van der Waals surface area (Å²) in [6.45, 7) is -1.16. The van der Waals surface area contributed by atoms with Crippen molar-refractivity contribution >= 4 is 23.5 Å². The predicted molar refractivity (Wildman–Crippen MR) is 119 cm³/mol. The summed E-state index contributed by atoms with van der Waals surface area (Å²) in [5.74, 6) is 0. The Morgan fingerprint density at radius 1 is 0.794 bits per heavy atom. The minimum atomic E-state index is -1.59. The minimum absolute atomic E-state index is 0.524. The van der Waals surface area contributed by atoms with Gasteiger partial charge in [0.05, 0.1) is 19.4 Å². The van der Waals surface area contributed by atoms with Gasteiger partial charge in [-0.05, 0) is 12.1 Å². The molecule has 12 nitrogen and oxygen atoms in total. The number of ether oxygens (including phenoxy) is 2. The first-order chi connectivity index (χ1) is 16.3. The van der Waals surface area contributed by atoms with E-state index >= 15 is 0 Å². The molecule has 10 atom stereocenters. The summed E-state index contributed by atoms with van der Waals surface area (Å²) in [6, 6.07) is 8.40. The number of hydrogen-bond acceptors (Lipinski definition) is 13. The first-order valence-corrected chi connectivity index (χ1v) is 12.3. The summed E-state index contributed by atoms with van der Waals surface area (Å²) >= 11 is 2.14. The lowest BCUT2D eigenvalue weighted by atomic mass is 9.97. The molecule has 14 heteroatoms. The van der Waals surface area contributed by atoms with Gasteiger partial charge in [-0.2, -0.15) is 0 Å². The number of thioether (sulfide) groups is 1. The average Bonchev–Trinajstić information content (AvgIpc) is 3.29. The zero-order chi connectivity index (χ0) is 24.4. The molecule has 2 aliphatic rings. The highest BCUT2D eigenvalue weighted by molar-refractivity contribution is 8.00. The van der Waals surface area contributed by atoms with Crippen molar-refractivity contribution in [2.45, 2.75) is 69.6 Å². The fraction of sp³-hybridized carbons (Fsp3) is 0.600. The number of nitrogens with zero attached hydrogens (tertiary/aromatic N) is 3. The summed E-state index contributed by atoms with van der Waals surface area (Å²) in [6.07, 6.45) is -8.03. The van der Waals surface area contributed by atoms with Crippen LogP contribution in [0.4, 0.5) is 0 Å². The molecule has 0 amide bonds. The number of aromatic nitrogens is 3. The molecule has 0 saturated carbocycles. The summed E-state index contributed by atoms with van der Waals surface area (Å²) in [4.78, 5) is 0.923. The third-order valence-electron chi connectivity index (χ3n) is 5.73. The molecule has 1 aromatic heterocycles. The van der Waals surface area contributed by atoms with Crippen LogP contribution >= 0.6 is 23.5 Å².